The van der Waals surface area contributed by atoms with Crippen molar-refractivity contribution in [1.29, 1.82) is 0 Å². The van der Waals surface area contributed by atoms with Crippen molar-refractivity contribution in [3.8, 4) is 0 Å². The van der Waals surface area contributed by atoms with Gasteiger partial charge in [-0.25, -0.2) is 9.59 Å². The second kappa shape index (κ2) is 11.2. The predicted molar refractivity (Wildman–Crippen MR) is 114 cm³/mol. The standard InChI is InChI=1S/C22H33NO10/c1-21(2,3)33-20(29)23-16-14(25)10-22(19(28)30-4,31-12-13-8-6-5-7-9-13)32-18(16)17(27)15(26)11-24/h5-9,14-18,24-27H,10-12H2,1-4H3,(H,23,29)/t14-,15+,16+,17+,18+,22+/m0/s1. The molecule has 2 rings (SSSR count). The average Bonchev–Trinajstić information content (AvgIpc) is 2.77. The SMILES string of the molecule is COC(=O)[C@@]1(OCc2ccccc2)C[C@H](O)[C@@H](NC(=O)OC(C)(C)C)[C@H]([C@H](O)[C@H](O)CO)O1. The summed E-state index contributed by atoms with van der Waals surface area (Å²) < 4.78 is 21.6. The van der Waals surface area contributed by atoms with Crippen molar-refractivity contribution in [3.05, 3.63) is 35.9 Å². The van der Waals surface area contributed by atoms with E-state index in [1.165, 1.54) is 0 Å². The molecule has 1 heterocycles. The summed E-state index contributed by atoms with van der Waals surface area (Å²) in [6.45, 7) is 3.98. The molecule has 0 saturated carbocycles. The van der Waals surface area contributed by atoms with E-state index in [-0.39, 0.29) is 6.61 Å². The molecule has 0 bridgehead atoms. The first-order chi connectivity index (χ1) is 15.4. The van der Waals surface area contributed by atoms with Gasteiger partial charge in [-0.1, -0.05) is 30.3 Å². The molecule has 6 atom stereocenters. The Morgan fingerprint density at radius 3 is 2.42 bits per heavy atom. The summed E-state index contributed by atoms with van der Waals surface area (Å²) >= 11 is 0. The zero-order chi connectivity index (χ0) is 24.8. The van der Waals surface area contributed by atoms with Gasteiger partial charge in [-0.3, -0.25) is 0 Å². The highest BCUT2D eigenvalue weighted by Crippen LogP contribution is 2.35. The van der Waals surface area contributed by atoms with Gasteiger partial charge >= 0.3 is 12.1 Å². The number of alkyl carbamates (subject to hydrolysis) is 1. The molecule has 186 valence electrons. The third-order valence-electron chi connectivity index (χ3n) is 4.99. The molecule has 1 fully saturated rings. The van der Waals surface area contributed by atoms with Crippen LogP contribution in [0.1, 0.15) is 32.8 Å². The number of hydrogen-bond donors (Lipinski definition) is 5. The monoisotopic (exact) mass is 471 g/mol. The minimum absolute atomic E-state index is 0.0990. The van der Waals surface area contributed by atoms with Gasteiger partial charge < -0.3 is 44.7 Å². The molecule has 0 radical (unpaired) electrons. The molecule has 0 aliphatic carbocycles. The van der Waals surface area contributed by atoms with Gasteiger partial charge in [0, 0.05) is 6.42 Å². The van der Waals surface area contributed by atoms with Crippen molar-refractivity contribution < 1.29 is 49.0 Å². The van der Waals surface area contributed by atoms with Crippen LogP contribution < -0.4 is 5.32 Å². The fourth-order valence-corrected chi connectivity index (χ4v) is 3.41. The molecule has 33 heavy (non-hydrogen) atoms. The van der Waals surface area contributed by atoms with Crippen LogP contribution in [-0.2, 0) is 30.3 Å². The fraction of sp³-hybridized carbons (Fsp3) is 0.636. The molecule has 0 spiro atoms. The number of esters is 1. The highest BCUT2D eigenvalue weighted by atomic mass is 16.7. The summed E-state index contributed by atoms with van der Waals surface area (Å²) in [4.78, 5) is 25.0. The molecule has 1 saturated heterocycles. The van der Waals surface area contributed by atoms with Crippen molar-refractivity contribution in [2.45, 2.75) is 75.6 Å². The Labute approximate surface area is 192 Å². The molecule has 5 N–H and O–H groups in total. The molecule has 0 aromatic heterocycles. The quantitative estimate of drug-likeness (QED) is 0.322. The number of amides is 1. The molecule has 0 unspecified atom stereocenters. The number of carbonyl (C=O) groups is 2. The normalized spacial score (nSPS) is 27.3. The Balaban J connectivity index is 2.35. The Morgan fingerprint density at radius 1 is 1.24 bits per heavy atom. The molecular weight excluding hydrogens is 438 g/mol. The topological polar surface area (TPSA) is 164 Å². The molecule has 1 aromatic rings. The summed E-state index contributed by atoms with van der Waals surface area (Å²) in [6.07, 6.45) is -7.93. The average molecular weight is 472 g/mol. The number of rotatable bonds is 8. The van der Waals surface area contributed by atoms with E-state index < -0.39 is 66.9 Å². The van der Waals surface area contributed by atoms with Crippen LogP contribution in [0, 0.1) is 0 Å². The van der Waals surface area contributed by atoms with Gasteiger partial charge in [0.25, 0.3) is 5.79 Å². The number of hydrogen-bond acceptors (Lipinski definition) is 10. The lowest BCUT2D eigenvalue weighted by Crippen LogP contribution is -2.68. The van der Waals surface area contributed by atoms with Crippen LogP contribution >= 0.6 is 0 Å². The molecule has 11 heteroatoms. The largest absolute Gasteiger partial charge is 0.465 e. The minimum Gasteiger partial charge on any atom is -0.465 e. The van der Waals surface area contributed by atoms with Crippen molar-refractivity contribution >= 4 is 12.1 Å². The molecule has 1 aliphatic heterocycles. The van der Waals surface area contributed by atoms with Gasteiger partial charge in [-0.2, -0.15) is 0 Å². The van der Waals surface area contributed by atoms with Crippen LogP contribution in [-0.4, -0.2) is 88.1 Å². The van der Waals surface area contributed by atoms with Crippen LogP contribution in [0.4, 0.5) is 4.79 Å². The van der Waals surface area contributed by atoms with Crippen LogP contribution in [0.2, 0.25) is 0 Å². The number of methoxy groups -OCH3 is 1. The Hall–Kier alpha value is -2.28. The second-order valence-corrected chi connectivity index (χ2v) is 8.79. The Bertz CT molecular complexity index is 783. The van der Waals surface area contributed by atoms with Gasteiger partial charge in [0.15, 0.2) is 0 Å². The van der Waals surface area contributed by atoms with Crippen molar-refractivity contribution in [3.63, 3.8) is 0 Å². The minimum atomic E-state index is -2.16. The maximum atomic E-state index is 12.7. The summed E-state index contributed by atoms with van der Waals surface area (Å²) in [5, 5.41) is 43.2. The first kappa shape index (κ1) is 27.0. The third kappa shape index (κ3) is 7.10. The zero-order valence-corrected chi connectivity index (χ0v) is 19.1. The van der Waals surface area contributed by atoms with Gasteiger partial charge in [0.2, 0.25) is 0 Å². The summed E-state index contributed by atoms with van der Waals surface area (Å²) in [7, 11) is 1.10. The Morgan fingerprint density at radius 2 is 1.88 bits per heavy atom. The van der Waals surface area contributed by atoms with E-state index in [0.29, 0.717) is 5.56 Å². The zero-order valence-electron chi connectivity index (χ0n) is 19.1. The van der Waals surface area contributed by atoms with E-state index in [9.17, 15) is 30.0 Å². The number of aliphatic hydroxyl groups excluding tert-OH is 4. The number of benzene rings is 1. The number of nitrogens with one attached hydrogen (secondary N) is 1. The molecule has 1 aliphatic rings. The molecule has 1 aromatic carbocycles. The van der Waals surface area contributed by atoms with E-state index in [4.69, 9.17) is 18.9 Å². The van der Waals surface area contributed by atoms with Gasteiger partial charge in [-0.05, 0) is 26.3 Å². The van der Waals surface area contributed by atoms with E-state index in [0.717, 1.165) is 7.11 Å². The van der Waals surface area contributed by atoms with Crippen LogP contribution in [0.5, 0.6) is 0 Å². The van der Waals surface area contributed by atoms with E-state index in [1.54, 1.807) is 51.1 Å². The summed E-state index contributed by atoms with van der Waals surface area (Å²) in [5.74, 6) is -3.14. The lowest BCUT2D eigenvalue weighted by atomic mass is 9.88. The van der Waals surface area contributed by atoms with Gasteiger partial charge in [-0.15, -0.1) is 0 Å². The van der Waals surface area contributed by atoms with Crippen LogP contribution in [0.25, 0.3) is 0 Å². The molecule has 1 amide bonds. The lowest BCUT2D eigenvalue weighted by Gasteiger charge is -2.46. The van der Waals surface area contributed by atoms with Crippen LogP contribution in [0.15, 0.2) is 30.3 Å². The maximum absolute atomic E-state index is 12.7. The summed E-state index contributed by atoms with van der Waals surface area (Å²) in [5.41, 5.74) is -0.155. The summed E-state index contributed by atoms with van der Waals surface area (Å²) in [6, 6.07) is 7.53. The predicted octanol–water partition coefficient (Wildman–Crippen LogP) is -0.170. The number of ether oxygens (including phenoxy) is 4. The number of carbonyl (C=O) groups excluding carboxylic acids is 2. The van der Waals surface area contributed by atoms with Crippen molar-refractivity contribution in [2.75, 3.05) is 13.7 Å². The molecule has 11 nitrogen and oxygen atoms in total. The fourth-order valence-electron chi connectivity index (χ4n) is 3.41. The number of aliphatic hydroxyl groups is 4. The second-order valence-electron chi connectivity index (χ2n) is 8.79. The van der Waals surface area contributed by atoms with Gasteiger partial charge in [0.05, 0.1) is 32.5 Å². The maximum Gasteiger partial charge on any atom is 0.408 e. The van der Waals surface area contributed by atoms with E-state index in [2.05, 4.69) is 5.32 Å². The first-order valence-electron chi connectivity index (χ1n) is 10.5. The van der Waals surface area contributed by atoms with Crippen molar-refractivity contribution in [1.82, 2.24) is 5.32 Å². The van der Waals surface area contributed by atoms with E-state index >= 15 is 0 Å². The smallest absolute Gasteiger partial charge is 0.408 e. The third-order valence-corrected chi connectivity index (χ3v) is 4.99. The van der Waals surface area contributed by atoms with E-state index in [1.807, 2.05) is 0 Å². The van der Waals surface area contributed by atoms with Crippen molar-refractivity contribution in [2.24, 2.45) is 0 Å². The Kier molecular flexibility index (Phi) is 9.18. The lowest BCUT2D eigenvalue weighted by molar-refractivity contribution is -0.315. The molecular formula is C22H33NO10. The highest BCUT2D eigenvalue weighted by Gasteiger charge is 2.56. The first-order valence-corrected chi connectivity index (χ1v) is 10.5. The van der Waals surface area contributed by atoms with Crippen LogP contribution in [0.3, 0.4) is 0 Å². The van der Waals surface area contributed by atoms with Gasteiger partial charge in [0.1, 0.15) is 23.9 Å². The highest BCUT2D eigenvalue weighted by molar-refractivity contribution is 5.78.